The van der Waals surface area contributed by atoms with Gasteiger partial charge in [0.05, 0.1) is 6.61 Å². The van der Waals surface area contributed by atoms with E-state index in [0.29, 0.717) is 12.3 Å². The maximum atomic E-state index is 12.3. The summed E-state index contributed by atoms with van der Waals surface area (Å²) in [4.78, 5) is 16.7. The molecule has 26 heavy (non-hydrogen) atoms. The van der Waals surface area contributed by atoms with Gasteiger partial charge in [-0.15, -0.1) is 0 Å². The van der Waals surface area contributed by atoms with E-state index >= 15 is 0 Å². The third-order valence-corrected chi connectivity index (χ3v) is 6.88. The second-order valence-corrected chi connectivity index (χ2v) is 8.79. The lowest BCUT2D eigenvalue weighted by Crippen LogP contribution is -2.43. The predicted octanol–water partition coefficient (Wildman–Crippen LogP) is 3.02. The topological polar surface area (TPSA) is 32.8 Å². The van der Waals surface area contributed by atoms with Crippen molar-refractivity contribution in [1.29, 1.82) is 0 Å². The average Bonchev–Trinajstić information content (AvgIpc) is 3.25. The zero-order chi connectivity index (χ0) is 18.1. The Morgan fingerprint density at radius 2 is 2.04 bits per heavy atom. The van der Waals surface area contributed by atoms with Crippen LogP contribution in [0, 0.1) is 5.92 Å². The lowest BCUT2D eigenvalue weighted by atomic mass is 9.73. The Morgan fingerprint density at radius 3 is 2.73 bits per heavy atom. The molecule has 2 unspecified atom stereocenters. The number of carbonyl (C=O) groups excluding carboxylic acids is 1. The average molecular weight is 357 g/mol. The van der Waals surface area contributed by atoms with Gasteiger partial charge in [-0.2, -0.15) is 0 Å². The Bertz CT molecular complexity index is 643. The number of carbonyl (C=O) groups is 1. The molecule has 1 aromatic rings. The van der Waals surface area contributed by atoms with Gasteiger partial charge in [-0.25, -0.2) is 0 Å². The quantitative estimate of drug-likeness (QED) is 0.831. The van der Waals surface area contributed by atoms with Crippen LogP contribution in [0.25, 0.3) is 0 Å². The number of hydrogen-bond acceptors (Lipinski definition) is 3. The first-order chi connectivity index (χ1) is 12.6. The summed E-state index contributed by atoms with van der Waals surface area (Å²) >= 11 is 0. The minimum atomic E-state index is 0.250. The molecule has 0 saturated carbocycles. The summed E-state index contributed by atoms with van der Waals surface area (Å²) < 4.78 is 5.55. The fraction of sp³-hybridized carbons (Fsp3) is 0.682. The molecule has 4 rings (SSSR count). The van der Waals surface area contributed by atoms with Gasteiger partial charge in [0.2, 0.25) is 5.91 Å². The van der Waals surface area contributed by atoms with Gasteiger partial charge in [-0.05, 0) is 67.2 Å². The van der Waals surface area contributed by atoms with E-state index in [2.05, 4.69) is 29.2 Å². The summed E-state index contributed by atoms with van der Waals surface area (Å²) in [6.07, 6.45) is 5.47. The summed E-state index contributed by atoms with van der Waals surface area (Å²) in [5, 5.41) is 0. The van der Waals surface area contributed by atoms with Crippen LogP contribution < -0.4 is 0 Å². The fourth-order valence-corrected chi connectivity index (χ4v) is 5.33. The van der Waals surface area contributed by atoms with E-state index in [1.54, 1.807) is 4.90 Å². The zero-order valence-electron chi connectivity index (χ0n) is 16.2. The number of amides is 1. The molecule has 1 spiro atoms. The number of piperidine rings is 1. The van der Waals surface area contributed by atoms with E-state index in [1.165, 1.54) is 50.0 Å². The van der Waals surface area contributed by atoms with Crippen LogP contribution in [0.2, 0.25) is 0 Å². The Morgan fingerprint density at radius 1 is 1.27 bits per heavy atom. The van der Waals surface area contributed by atoms with E-state index in [0.717, 1.165) is 25.6 Å². The van der Waals surface area contributed by atoms with Crippen molar-refractivity contribution in [2.24, 2.45) is 5.92 Å². The molecule has 0 bridgehead atoms. The van der Waals surface area contributed by atoms with Crippen LogP contribution in [0.4, 0.5) is 0 Å². The monoisotopic (exact) mass is 356 g/mol. The second-order valence-electron chi connectivity index (χ2n) is 8.79. The highest BCUT2D eigenvalue weighted by atomic mass is 16.5. The van der Waals surface area contributed by atoms with Crippen molar-refractivity contribution in [3.05, 3.63) is 35.4 Å². The standard InChI is InChI=1S/C22H32N2O2/c1-23(2)21(25)13-18-14-22(20-6-4-3-5-19(18)20)8-10-24(11-9-22)15-17-7-12-26-16-17/h3-6,17-18H,7-16H2,1-2H3. The van der Waals surface area contributed by atoms with Crippen LogP contribution in [-0.2, 0) is 14.9 Å². The lowest BCUT2D eigenvalue weighted by Gasteiger charge is -2.41. The maximum absolute atomic E-state index is 12.3. The van der Waals surface area contributed by atoms with E-state index in [-0.39, 0.29) is 11.3 Å². The van der Waals surface area contributed by atoms with Crippen LogP contribution in [0.1, 0.15) is 49.1 Å². The van der Waals surface area contributed by atoms with E-state index in [1.807, 2.05) is 14.1 Å². The maximum Gasteiger partial charge on any atom is 0.222 e. The Kier molecular flexibility index (Phi) is 5.07. The van der Waals surface area contributed by atoms with E-state index in [9.17, 15) is 4.79 Å². The molecule has 1 amide bonds. The summed E-state index contributed by atoms with van der Waals surface area (Å²) in [5.41, 5.74) is 3.25. The van der Waals surface area contributed by atoms with Gasteiger partial charge in [0, 0.05) is 33.7 Å². The molecule has 2 aliphatic heterocycles. The molecule has 1 aromatic carbocycles. The third kappa shape index (κ3) is 3.41. The van der Waals surface area contributed by atoms with Crippen LogP contribution in [0.5, 0.6) is 0 Å². The normalized spacial score (nSPS) is 27.6. The largest absolute Gasteiger partial charge is 0.381 e. The molecule has 4 nitrogen and oxygen atoms in total. The van der Waals surface area contributed by atoms with Crippen molar-refractivity contribution in [3.8, 4) is 0 Å². The van der Waals surface area contributed by atoms with Gasteiger partial charge >= 0.3 is 0 Å². The van der Waals surface area contributed by atoms with Crippen molar-refractivity contribution in [2.45, 2.75) is 43.4 Å². The van der Waals surface area contributed by atoms with Gasteiger partial charge in [0.15, 0.2) is 0 Å². The second kappa shape index (κ2) is 7.32. The molecule has 2 fully saturated rings. The Hall–Kier alpha value is -1.39. The molecule has 0 aromatic heterocycles. The minimum Gasteiger partial charge on any atom is -0.381 e. The van der Waals surface area contributed by atoms with Gasteiger partial charge < -0.3 is 14.5 Å². The molecule has 4 heteroatoms. The zero-order valence-corrected chi connectivity index (χ0v) is 16.2. The fourth-order valence-electron chi connectivity index (χ4n) is 5.33. The highest BCUT2D eigenvalue weighted by Gasteiger charge is 2.45. The number of ether oxygens (including phenoxy) is 1. The first kappa shape index (κ1) is 18.0. The molecule has 2 heterocycles. The number of nitrogens with zero attached hydrogens (tertiary/aromatic N) is 2. The smallest absolute Gasteiger partial charge is 0.222 e. The molecule has 1 aliphatic carbocycles. The summed E-state index contributed by atoms with van der Waals surface area (Å²) in [6.45, 7) is 5.44. The van der Waals surface area contributed by atoms with Gasteiger partial charge in [0.1, 0.15) is 0 Å². The first-order valence-corrected chi connectivity index (χ1v) is 10.2. The van der Waals surface area contributed by atoms with Gasteiger partial charge in [-0.1, -0.05) is 24.3 Å². The Labute approximate surface area is 157 Å². The molecule has 3 aliphatic rings. The highest BCUT2D eigenvalue weighted by molar-refractivity contribution is 5.77. The van der Waals surface area contributed by atoms with Crippen molar-refractivity contribution < 1.29 is 9.53 Å². The number of fused-ring (bicyclic) bond motifs is 2. The summed E-state index contributed by atoms with van der Waals surface area (Å²) in [6, 6.07) is 8.91. The van der Waals surface area contributed by atoms with Gasteiger partial charge in [0.25, 0.3) is 0 Å². The number of rotatable bonds is 4. The van der Waals surface area contributed by atoms with Crippen LogP contribution in [-0.4, -0.2) is 62.7 Å². The summed E-state index contributed by atoms with van der Waals surface area (Å²) in [7, 11) is 3.73. The predicted molar refractivity (Wildman–Crippen MR) is 103 cm³/mol. The lowest BCUT2D eigenvalue weighted by molar-refractivity contribution is -0.129. The SMILES string of the molecule is CN(C)C(=O)CC1CC2(CCN(CC3CCOC3)CC2)c2ccccc21. The molecule has 0 N–H and O–H groups in total. The van der Waals surface area contributed by atoms with E-state index in [4.69, 9.17) is 4.74 Å². The van der Waals surface area contributed by atoms with E-state index < -0.39 is 0 Å². The number of benzene rings is 1. The van der Waals surface area contributed by atoms with Gasteiger partial charge in [-0.3, -0.25) is 4.79 Å². The summed E-state index contributed by atoms with van der Waals surface area (Å²) in [5.74, 6) is 1.36. The first-order valence-electron chi connectivity index (χ1n) is 10.2. The van der Waals surface area contributed by atoms with Crippen molar-refractivity contribution in [3.63, 3.8) is 0 Å². The molecule has 2 atom stereocenters. The van der Waals surface area contributed by atoms with Crippen molar-refractivity contribution >= 4 is 5.91 Å². The highest BCUT2D eigenvalue weighted by Crippen LogP contribution is 2.52. The molecular weight excluding hydrogens is 324 g/mol. The molecule has 0 radical (unpaired) electrons. The van der Waals surface area contributed by atoms with Crippen LogP contribution >= 0.6 is 0 Å². The minimum absolute atomic E-state index is 0.250. The third-order valence-electron chi connectivity index (χ3n) is 6.88. The molecule has 2 saturated heterocycles. The van der Waals surface area contributed by atoms with Crippen LogP contribution in [0.15, 0.2) is 24.3 Å². The molecular formula is C22H32N2O2. The van der Waals surface area contributed by atoms with Crippen molar-refractivity contribution in [1.82, 2.24) is 9.80 Å². The van der Waals surface area contributed by atoms with Crippen molar-refractivity contribution in [2.75, 3.05) is 46.9 Å². The van der Waals surface area contributed by atoms with Crippen LogP contribution in [0.3, 0.4) is 0 Å². The number of hydrogen-bond donors (Lipinski definition) is 0. The number of likely N-dealkylation sites (tertiary alicyclic amines) is 1. The Balaban J connectivity index is 1.46. The molecule has 142 valence electrons.